The normalized spacial score (nSPS) is 12.3. The lowest BCUT2D eigenvalue weighted by Crippen LogP contribution is -2.33. The molecule has 0 spiro atoms. The Kier molecular flexibility index (Phi) is 4.37. The maximum Gasteiger partial charge on any atom is 0.142 e. The molecule has 1 aromatic rings. The topological polar surface area (TPSA) is 54.2 Å². The molecule has 1 rings (SSSR count). The van der Waals surface area contributed by atoms with Gasteiger partial charge in [0.05, 0.1) is 0 Å². The van der Waals surface area contributed by atoms with Gasteiger partial charge in [-0.05, 0) is 32.4 Å². The Labute approximate surface area is 91.5 Å². The van der Waals surface area contributed by atoms with E-state index in [-0.39, 0.29) is 0 Å². The molecule has 0 fully saturated rings. The van der Waals surface area contributed by atoms with Crippen LogP contribution in [0.15, 0.2) is 18.2 Å². The molecule has 0 aliphatic carbocycles. The van der Waals surface area contributed by atoms with E-state index in [0.29, 0.717) is 11.9 Å². The zero-order valence-electron chi connectivity index (χ0n) is 9.70. The third kappa shape index (κ3) is 2.83. The Balaban J connectivity index is 2.91. The van der Waals surface area contributed by atoms with Crippen LogP contribution in [0.3, 0.4) is 0 Å². The van der Waals surface area contributed by atoms with Crippen LogP contribution in [-0.4, -0.2) is 17.6 Å². The summed E-state index contributed by atoms with van der Waals surface area (Å²) in [6.07, 6.45) is 1.11. The molecule has 1 unspecified atom stereocenters. The molecule has 0 saturated heterocycles. The summed E-state index contributed by atoms with van der Waals surface area (Å²) in [6, 6.07) is 6.32. The van der Waals surface area contributed by atoms with E-state index in [4.69, 9.17) is 5.84 Å². The Bertz CT molecular complexity index is 300. The summed E-state index contributed by atoms with van der Waals surface area (Å²) in [5.74, 6) is 7.02. The Hall–Kier alpha value is -1.29. The van der Waals surface area contributed by atoms with E-state index in [0.717, 1.165) is 18.8 Å². The predicted octanol–water partition coefficient (Wildman–Crippen LogP) is 1.99. The molecule has 0 aliphatic rings. The number of anilines is 2. The summed E-state index contributed by atoms with van der Waals surface area (Å²) in [7, 11) is 0. The highest BCUT2D eigenvalue weighted by Gasteiger charge is 2.11. The Morgan fingerprint density at radius 3 is 2.73 bits per heavy atom. The molecular weight excluding hydrogens is 188 g/mol. The fraction of sp³-hybridized carbons (Fsp3) is 0.545. The summed E-state index contributed by atoms with van der Waals surface area (Å²) >= 11 is 0. The second-order valence-electron chi connectivity index (χ2n) is 3.57. The van der Waals surface area contributed by atoms with Crippen molar-refractivity contribution >= 4 is 11.6 Å². The van der Waals surface area contributed by atoms with E-state index in [1.54, 1.807) is 0 Å². The molecule has 0 radical (unpaired) electrons. The van der Waals surface area contributed by atoms with Crippen molar-refractivity contribution in [1.29, 1.82) is 0 Å². The number of nitrogen functional groups attached to an aromatic ring is 1. The zero-order chi connectivity index (χ0) is 11.3. The van der Waals surface area contributed by atoms with Crippen LogP contribution in [0.1, 0.15) is 27.2 Å². The van der Waals surface area contributed by atoms with E-state index in [2.05, 4.69) is 36.1 Å². The highest BCUT2D eigenvalue weighted by atomic mass is 15.3. The Morgan fingerprint density at radius 1 is 1.47 bits per heavy atom. The largest absolute Gasteiger partial charge is 0.354 e. The summed E-state index contributed by atoms with van der Waals surface area (Å²) in [5.41, 5.74) is 2.57. The van der Waals surface area contributed by atoms with Crippen molar-refractivity contribution in [3.63, 3.8) is 0 Å². The fourth-order valence-corrected chi connectivity index (χ4v) is 1.58. The summed E-state index contributed by atoms with van der Waals surface area (Å²) in [4.78, 5) is 6.69. The number of hydrazine groups is 1. The average Bonchev–Trinajstić information content (AvgIpc) is 2.30. The molecule has 1 heterocycles. The highest BCUT2D eigenvalue weighted by molar-refractivity contribution is 5.46. The van der Waals surface area contributed by atoms with Gasteiger partial charge in [0.2, 0.25) is 0 Å². The van der Waals surface area contributed by atoms with Gasteiger partial charge in [0.15, 0.2) is 0 Å². The fourth-order valence-electron chi connectivity index (χ4n) is 1.58. The zero-order valence-corrected chi connectivity index (χ0v) is 9.70. The molecule has 1 atom stereocenters. The van der Waals surface area contributed by atoms with Gasteiger partial charge in [0, 0.05) is 12.6 Å². The summed E-state index contributed by atoms with van der Waals surface area (Å²) in [6.45, 7) is 7.47. The van der Waals surface area contributed by atoms with Gasteiger partial charge < -0.3 is 10.3 Å². The van der Waals surface area contributed by atoms with Crippen LogP contribution >= 0.6 is 0 Å². The molecule has 0 amide bonds. The molecule has 4 nitrogen and oxygen atoms in total. The van der Waals surface area contributed by atoms with Crippen molar-refractivity contribution in [3.05, 3.63) is 18.2 Å². The lowest BCUT2D eigenvalue weighted by molar-refractivity contribution is 0.623. The quantitative estimate of drug-likeness (QED) is 0.574. The van der Waals surface area contributed by atoms with Crippen molar-refractivity contribution in [3.8, 4) is 0 Å². The van der Waals surface area contributed by atoms with Gasteiger partial charge in [-0.25, -0.2) is 10.8 Å². The van der Waals surface area contributed by atoms with Crippen molar-refractivity contribution in [2.24, 2.45) is 5.84 Å². The molecule has 84 valence electrons. The first kappa shape index (κ1) is 11.8. The molecule has 1 aromatic heterocycles. The maximum absolute atomic E-state index is 5.34. The first-order valence-corrected chi connectivity index (χ1v) is 5.43. The van der Waals surface area contributed by atoms with Crippen LogP contribution in [0.5, 0.6) is 0 Å². The number of aromatic nitrogens is 1. The van der Waals surface area contributed by atoms with E-state index >= 15 is 0 Å². The van der Waals surface area contributed by atoms with Crippen LogP contribution in [0, 0.1) is 0 Å². The lowest BCUT2D eigenvalue weighted by Gasteiger charge is -2.28. The molecule has 3 N–H and O–H groups in total. The van der Waals surface area contributed by atoms with E-state index in [1.807, 2.05) is 18.2 Å². The van der Waals surface area contributed by atoms with Crippen molar-refractivity contribution < 1.29 is 0 Å². The monoisotopic (exact) mass is 208 g/mol. The van der Waals surface area contributed by atoms with Gasteiger partial charge in [-0.2, -0.15) is 0 Å². The molecule has 4 heteroatoms. The minimum Gasteiger partial charge on any atom is -0.354 e. The second-order valence-corrected chi connectivity index (χ2v) is 3.57. The SMILES string of the molecule is CCC(C)N(CC)c1cccc(NN)n1. The van der Waals surface area contributed by atoms with Crippen molar-refractivity contribution in [2.45, 2.75) is 33.2 Å². The minimum absolute atomic E-state index is 0.496. The maximum atomic E-state index is 5.34. The van der Waals surface area contributed by atoms with Crippen LogP contribution in [0.4, 0.5) is 11.6 Å². The smallest absolute Gasteiger partial charge is 0.142 e. The number of nitrogens with zero attached hydrogens (tertiary/aromatic N) is 2. The van der Waals surface area contributed by atoms with E-state index in [9.17, 15) is 0 Å². The number of hydrogen-bond acceptors (Lipinski definition) is 4. The van der Waals surface area contributed by atoms with Gasteiger partial charge >= 0.3 is 0 Å². The Morgan fingerprint density at radius 2 is 2.20 bits per heavy atom. The minimum atomic E-state index is 0.496. The number of nitrogens with two attached hydrogens (primary N) is 1. The molecule has 0 aliphatic heterocycles. The van der Waals surface area contributed by atoms with Crippen LogP contribution < -0.4 is 16.2 Å². The number of hydrogen-bond donors (Lipinski definition) is 2. The third-order valence-corrected chi connectivity index (χ3v) is 2.64. The van der Waals surface area contributed by atoms with Gasteiger partial charge in [-0.15, -0.1) is 0 Å². The van der Waals surface area contributed by atoms with Gasteiger partial charge in [0.1, 0.15) is 11.6 Å². The van der Waals surface area contributed by atoms with E-state index < -0.39 is 0 Å². The standard InChI is InChI=1S/C11H20N4/c1-4-9(3)15(5-2)11-8-6-7-10(13-11)14-12/h6-9H,4-5,12H2,1-3H3,(H,13,14). The highest BCUT2D eigenvalue weighted by Crippen LogP contribution is 2.17. The van der Waals surface area contributed by atoms with Crippen LogP contribution in [0.25, 0.3) is 0 Å². The molecular formula is C11H20N4. The lowest BCUT2D eigenvalue weighted by atomic mass is 10.2. The summed E-state index contributed by atoms with van der Waals surface area (Å²) < 4.78 is 0. The molecule has 15 heavy (non-hydrogen) atoms. The second kappa shape index (κ2) is 5.56. The van der Waals surface area contributed by atoms with E-state index in [1.165, 1.54) is 0 Å². The first-order chi connectivity index (χ1) is 7.22. The number of pyridine rings is 1. The molecule has 0 aromatic carbocycles. The van der Waals surface area contributed by atoms with Gasteiger partial charge in [-0.3, -0.25) is 0 Å². The van der Waals surface area contributed by atoms with Crippen molar-refractivity contribution in [2.75, 3.05) is 16.9 Å². The molecule has 0 bridgehead atoms. The number of rotatable bonds is 5. The van der Waals surface area contributed by atoms with Gasteiger partial charge in [-0.1, -0.05) is 13.0 Å². The average molecular weight is 208 g/mol. The van der Waals surface area contributed by atoms with Crippen LogP contribution in [0.2, 0.25) is 0 Å². The number of nitrogens with one attached hydrogen (secondary N) is 1. The summed E-state index contributed by atoms with van der Waals surface area (Å²) in [5, 5.41) is 0. The predicted molar refractivity (Wildman–Crippen MR) is 64.8 cm³/mol. The van der Waals surface area contributed by atoms with Crippen LogP contribution in [-0.2, 0) is 0 Å². The van der Waals surface area contributed by atoms with Crippen molar-refractivity contribution in [1.82, 2.24) is 4.98 Å². The molecule has 0 saturated carbocycles. The third-order valence-electron chi connectivity index (χ3n) is 2.64. The first-order valence-electron chi connectivity index (χ1n) is 5.43. The van der Waals surface area contributed by atoms with Gasteiger partial charge in [0.25, 0.3) is 0 Å².